The summed E-state index contributed by atoms with van der Waals surface area (Å²) in [5.41, 5.74) is 2.64. The van der Waals surface area contributed by atoms with Crippen molar-refractivity contribution in [1.29, 1.82) is 0 Å². The minimum atomic E-state index is -3.80. The van der Waals surface area contributed by atoms with Crippen LogP contribution in [0.2, 0.25) is 0 Å². The van der Waals surface area contributed by atoms with E-state index in [4.69, 9.17) is 4.42 Å². The summed E-state index contributed by atoms with van der Waals surface area (Å²) < 4.78 is 33.6. The molecule has 0 bridgehead atoms. The van der Waals surface area contributed by atoms with Gasteiger partial charge in [-0.15, -0.1) is 0 Å². The van der Waals surface area contributed by atoms with Crippen LogP contribution in [0.15, 0.2) is 76.2 Å². The molecule has 0 unspecified atom stereocenters. The van der Waals surface area contributed by atoms with E-state index in [1.807, 2.05) is 24.3 Å². The molecule has 0 aliphatic heterocycles. The van der Waals surface area contributed by atoms with Crippen LogP contribution in [0.1, 0.15) is 44.6 Å². The Morgan fingerprint density at radius 3 is 2.13 bits per heavy atom. The standard InChI is InChI=1S/C24H28N2O4S/c1-18(27)25-21-11-13-23(14-12-21)31(28,29)26(17-22-6-5-15-30-22)16-19-7-9-20(10-8-19)24(2,3)4/h5-15H,16-17H2,1-4H3,(H,25,27). The molecule has 1 amide bonds. The van der Waals surface area contributed by atoms with Gasteiger partial charge in [-0.05, 0) is 52.9 Å². The number of carbonyl (C=O) groups is 1. The van der Waals surface area contributed by atoms with Crippen LogP contribution < -0.4 is 5.32 Å². The Balaban J connectivity index is 1.89. The molecule has 2 aromatic carbocycles. The number of amides is 1. The predicted octanol–water partition coefficient (Wildman–Crippen LogP) is 4.93. The van der Waals surface area contributed by atoms with E-state index in [2.05, 4.69) is 26.1 Å². The Morgan fingerprint density at radius 1 is 0.968 bits per heavy atom. The fourth-order valence-corrected chi connectivity index (χ4v) is 4.57. The van der Waals surface area contributed by atoms with Crippen LogP contribution in [0.25, 0.3) is 0 Å². The van der Waals surface area contributed by atoms with E-state index < -0.39 is 10.0 Å². The summed E-state index contributed by atoms with van der Waals surface area (Å²) in [6.07, 6.45) is 1.53. The molecule has 0 aliphatic rings. The molecule has 0 saturated carbocycles. The van der Waals surface area contributed by atoms with Crippen molar-refractivity contribution >= 4 is 21.6 Å². The lowest BCUT2D eigenvalue weighted by molar-refractivity contribution is -0.114. The second kappa shape index (κ2) is 9.08. The van der Waals surface area contributed by atoms with Crippen LogP contribution >= 0.6 is 0 Å². The molecule has 1 N–H and O–H groups in total. The first-order chi connectivity index (χ1) is 14.6. The average molecular weight is 441 g/mol. The lowest BCUT2D eigenvalue weighted by atomic mass is 9.87. The van der Waals surface area contributed by atoms with Gasteiger partial charge >= 0.3 is 0 Å². The molecule has 1 aromatic heterocycles. The molecule has 3 rings (SSSR count). The number of rotatable bonds is 7. The predicted molar refractivity (Wildman–Crippen MR) is 121 cm³/mol. The minimum Gasteiger partial charge on any atom is -0.468 e. The highest BCUT2D eigenvalue weighted by Gasteiger charge is 2.26. The van der Waals surface area contributed by atoms with Gasteiger partial charge in [-0.1, -0.05) is 45.0 Å². The van der Waals surface area contributed by atoms with Gasteiger partial charge in [-0.3, -0.25) is 4.79 Å². The first-order valence-corrected chi connectivity index (χ1v) is 11.5. The van der Waals surface area contributed by atoms with Crippen molar-refractivity contribution < 1.29 is 17.6 Å². The van der Waals surface area contributed by atoms with Crippen LogP contribution in [0, 0.1) is 0 Å². The number of anilines is 1. The second-order valence-corrected chi connectivity index (χ2v) is 10.4. The third-order valence-corrected chi connectivity index (χ3v) is 6.71. The topological polar surface area (TPSA) is 79.6 Å². The number of sulfonamides is 1. The van der Waals surface area contributed by atoms with E-state index in [1.165, 1.54) is 35.2 Å². The molecule has 164 valence electrons. The molecule has 0 aliphatic carbocycles. The summed E-state index contributed by atoms with van der Waals surface area (Å²) in [5.74, 6) is 0.346. The lowest BCUT2D eigenvalue weighted by Gasteiger charge is -2.23. The van der Waals surface area contributed by atoms with Gasteiger partial charge in [0, 0.05) is 19.2 Å². The largest absolute Gasteiger partial charge is 0.468 e. The van der Waals surface area contributed by atoms with Gasteiger partial charge in [0.25, 0.3) is 0 Å². The highest BCUT2D eigenvalue weighted by molar-refractivity contribution is 7.89. The highest BCUT2D eigenvalue weighted by atomic mass is 32.2. The summed E-state index contributed by atoms with van der Waals surface area (Å²) >= 11 is 0. The molecule has 31 heavy (non-hydrogen) atoms. The van der Waals surface area contributed by atoms with Gasteiger partial charge in [0.15, 0.2) is 0 Å². The number of nitrogens with zero attached hydrogens (tertiary/aromatic N) is 1. The zero-order valence-electron chi connectivity index (χ0n) is 18.3. The Morgan fingerprint density at radius 2 is 1.61 bits per heavy atom. The maximum Gasteiger partial charge on any atom is 0.243 e. The minimum absolute atomic E-state index is 0.0219. The van der Waals surface area contributed by atoms with Gasteiger partial charge in [-0.25, -0.2) is 8.42 Å². The van der Waals surface area contributed by atoms with E-state index >= 15 is 0 Å². The molecule has 0 radical (unpaired) electrons. The summed E-state index contributed by atoms with van der Waals surface area (Å²) in [6.45, 7) is 8.15. The van der Waals surface area contributed by atoms with Crippen molar-refractivity contribution in [2.75, 3.05) is 5.32 Å². The quantitative estimate of drug-likeness (QED) is 0.565. The van der Waals surface area contributed by atoms with Gasteiger partial charge in [0.1, 0.15) is 5.76 Å². The molecular weight excluding hydrogens is 412 g/mol. The fraction of sp³-hybridized carbons (Fsp3) is 0.292. The van der Waals surface area contributed by atoms with Crippen LogP contribution in [0.3, 0.4) is 0 Å². The van der Waals surface area contributed by atoms with Crippen molar-refractivity contribution in [2.24, 2.45) is 0 Å². The molecule has 1 heterocycles. The second-order valence-electron chi connectivity index (χ2n) is 8.50. The van der Waals surface area contributed by atoms with Crippen molar-refractivity contribution in [3.8, 4) is 0 Å². The molecule has 3 aromatic rings. The van der Waals surface area contributed by atoms with E-state index in [9.17, 15) is 13.2 Å². The van der Waals surface area contributed by atoms with Gasteiger partial charge in [-0.2, -0.15) is 4.31 Å². The SMILES string of the molecule is CC(=O)Nc1ccc(S(=O)(=O)N(Cc2ccc(C(C)(C)C)cc2)Cc2ccco2)cc1. The number of hydrogen-bond acceptors (Lipinski definition) is 4. The van der Waals surface area contributed by atoms with Crippen LogP contribution in [0.5, 0.6) is 0 Å². The zero-order chi connectivity index (χ0) is 22.6. The number of furan rings is 1. The number of benzene rings is 2. The van der Waals surface area contributed by atoms with E-state index in [-0.39, 0.29) is 29.3 Å². The summed E-state index contributed by atoms with van der Waals surface area (Å²) in [6, 6.07) is 17.7. The molecule has 0 fully saturated rings. The smallest absolute Gasteiger partial charge is 0.243 e. The summed E-state index contributed by atoms with van der Waals surface area (Å²) in [4.78, 5) is 11.4. The Labute approximate surface area is 183 Å². The zero-order valence-corrected chi connectivity index (χ0v) is 19.1. The van der Waals surface area contributed by atoms with Crippen LogP contribution in [-0.4, -0.2) is 18.6 Å². The van der Waals surface area contributed by atoms with E-state index in [0.29, 0.717) is 11.4 Å². The monoisotopic (exact) mass is 440 g/mol. The highest BCUT2D eigenvalue weighted by Crippen LogP contribution is 2.25. The normalized spacial score (nSPS) is 12.2. The maximum absolute atomic E-state index is 13.4. The maximum atomic E-state index is 13.4. The van der Waals surface area contributed by atoms with Crippen molar-refractivity contribution in [2.45, 2.75) is 51.1 Å². The first-order valence-electron chi connectivity index (χ1n) is 10.1. The Hall–Kier alpha value is -2.90. The molecule has 0 atom stereocenters. The van der Waals surface area contributed by atoms with Gasteiger partial charge in [0.2, 0.25) is 15.9 Å². The van der Waals surface area contributed by atoms with Crippen molar-refractivity contribution in [3.05, 3.63) is 83.8 Å². The van der Waals surface area contributed by atoms with Crippen LogP contribution in [-0.2, 0) is 33.3 Å². The molecule has 6 nitrogen and oxygen atoms in total. The summed E-state index contributed by atoms with van der Waals surface area (Å²) in [5, 5.41) is 2.64. The third-order valence-electron chi connectivity index (χ3n) is 4.90. The average Bonchev–Trinajstić information content (AvgIpc) is 3.20. The third kappa shape index (κ3) is 5.83. The van der Waals surface area contributed by atoms with E-state index in [0.717, 1.165) is 5.56 Å². The fourth-order valence-electron chi connectivity index (χ4n) is 3.18. The lowest BCUT2D eigenvalue weighted by Crippen LogP contribution is -2.30. The van der Waals surface area contributed by atoms with Gasteiger partial charge in [0.05, 0.1) is 17.7 Å². The van der Waals surface area contributed by atoms with Crippen molar-refractivity contribution in [1.82, 2.24) is 4.31 Å². The first kappa shape index (κ1) is 22.8. The van der Waals surface area contributed by atoms with Crippen LogP contribution in [0.4, 0.5) is 5.69 Å². The molecule has 0 spiro atoms. The Kier molecular flexibility index (Phi) is 6.67. The Bertz CT molecular complexity index is 1110. The molecular formula is C24H28N2O4S. The number of hydrogen-bond donors (Lipinski definition) is 1. The van der Waals surface area contributed by atoms with Crippen molar-refractivity contribution in [3.63, 3.8) is 0 Å². The molecule has 0 saturated heterocycles. The summed E-state index contributed by atoms with van der Waals surface area (Å²) in [7, 11) is -3.80. The number of nitrogens with one attached hydrogen (secondary N) is 1. The number of carbonyl (C=O) groups excluding carboxylic acids is 1. The van der Waals surface area contributed by atoms with Gasteiger partial charge < -0.3 is 9.73 Å². The molecule has 7 heteroatoms. The van der Waals surface area contributed by atoms with E-state index in [1.54, 1.807) is 24.3 Å².